The number of nitrogens with one attached hydrogen (secondary N) is 1. The Morgan fingerprint density at radius 2 is 1.62 bits per heavy atom. The summed E-state index contributed by atoms with van der Waals surface area (Å²) in [6.45, 7) is 2.00. The zero-order valence-corrected chi connectivity index (χ0v) is 13.5. The molecule has 0 aliphatic heterocycles. The molecule has 24 heavy (non-hydrogen) atoms. The third-order valence-electron chi connectivity index (χ3n) is 3.93. The number of carbonyl (C=O) groups excluding carboxylic acids is 1. The third-order valence-corrected chi connectivity index (χ3v) is 3.93. The van der Waals surface area contributed by atoms with Crippen LogP contribution in [0.3, 0.4) is 0 Å². The zero-order valence-electron chi connectivity index (χ0n) is 13.5. The first-order chi connectivity index (χ1) is 11.6. The van der Waals surface area contributed by atoms with Gasteiger partial charge in [0, 0.05) is 6.54 Å². The van der Waals surface area contributed by atoms with Crippen molar-refractivity contribution in [3.63, 3.8) is 0 Å². The van der Waals surface area contributed by atoms with Crippen LogP contribution in [0.15, 0.2) is 60.7 Å². The lowest BCUT2D eigenvalue weighted by atomic mass is 9.87. The van der Waals surface area contributed by atoms with Gasteiger partial charge in [-0.2, -0.15) is 0 Å². The maximum absolute atomic E-state index is 11.8. The van der Waals surface area contributed by atoms with E-state index < -0.39 is 18.0 Å². The van der Waals surface area contributed by atoms with Crippen molar-refractivity contribution in [2.75, 3.05) is 6.54 Å². The van der Waals surface area contributed by atoms with Gasteiger partial charge in [0.15, 0.2) is 0 Å². The Balaban J connectivity index is 1.87. The molecule has 2 aromatic carbocycles. The first kappa shape index (κ1) is 17.5. The minimum Gasteiger partial charge on any atom is -0.481 e. The lowest BCUT2D eigenvalue weighted by molar-refractivity contribution is -0.142. The van der Waals surface area contributed by atoms with E-state index >= 15 is 0 Å². The summed E-state index contributed by atoms with van der Waals surface area (Å²) in [7, 11) is 0. The van der Waals surface area contributed by atoms with Gasteiger partial charge in [-0.3, -0.25) is 4.79 Å². The molecule has 126 valence electrons. The summed E-state index contributed by atoms with van der Waals surface area (Å²) in [5.74, 6) is -1.90. The summed E-state index contributed by atoms with van der Waals surface area (Å²) >= 11 is 0. The van der Waals surface area contributed by atoms with Gasteiger partial charge in [-0.25, -0.2) is 4.79 Å². The topological polar surface area (TPSA) is 75.6 Å². The van der Waals surface area contributed by atoms with Gasteiger partial charge in [0.25, 0.3) is 0 Å². The maximum Gasteiger partial charge on any atom is 0.407 e. The average molecular weight is 327 g/mol. The van der Waals surface area contributed by atoms with E-state index in [1.807, 2.05) is 67.6 Å². The number of alkyl carbamates (subject to hydrolysis) is 1. The van der Waals surface area contributed by atoms with E-state index in [-0.39, 0.29) is 19.1 Å². The summed E-state index contributed by atoms with van der Waals surface area (Å²) < 4.78 is 5.10. The SMILES string of the molecule is CC(c1ccccc1)C(CNC(=O)OCc1ccccc1)C(=O)O. The average Bonchev–Trinajstić information content (AvgIpc) is 2.61. The Bertz CT molecular complexity index is 658. The van der Waals surface area contributed by atoms with E-state index in [0.29, 0.717) is 0 Å². The Morgan fingerprint density at radius 3 is 2.21 bits per heavy atom. The van der Waals surface area contributed by atoms with Crippen molar-refractivity contribution in [3.8, 4) is 0 Å². The Morgan fingerprint density at radius 1 is 1.04 bits per heavy atom. The number of carboxylic acid groups (broad SMARTS) is 1. The fourth-order valence-electron chi connectivity index (χ4n) is 2.43. The molecular weight excluding hydrogens is 306 g/mol. The molecule has 5 nitrogen and oxygen atoms in total. The number of carboxylic acids is 1. The number of carbonyl (C=O) groups is 2. The largest absolute Gasteiger partial charge is 0.481 e. The van der Waals surface area contributed by atoms with Gasteiger partial charge in [-0.05, 0) is 17.0 Å². The molecule has 0 aromatic heterocycles. The molecule has 2 rings (SSSR count). The van der Waals surface area contributed by atoms with E-state index in [1.165, 1.54) is 0 Å². The van der Waals surface area contributed by atoms with Crippen LogP contribution in [0, 0.1) is 5.92 Å². The van der Waals surface area contributed by atoms with E-state index in [2.05, 4.69) is 5.32 Å². The van der Waals surface area contributed by atoms with Crippen molar-refractivity contribution >= 4 is 12.1 Å². The molecule has 2 unspecified atom stereocenters. The molecule has 0 spiro atoms. The number of benzene rings is 2. The van der Waals surface area contributed by atoms with Crippen LogP contribution in [0.1, 0.15) is 24.0 Å². The minimum atomic E-state index is -0.949. The van der Waals surface area contributed by atoms with Gasteiger partial charge in [0.2, 0.25) is 0 Å². The van der Waals surface area contributed by atoms with Gasteiger partial charge in [-0.1, -0.05) is 67.6 Å². The Labute approximate surface area is 141 Å². The molecule has 0 heterocycles. The molecule has 1 amide bonds. The molecule has 0 radical (unpaired) electrons. The van der Waals surface area contributed by atoms with Crippen LogP contribution in [0.5, 0.6) is 0 Å². The standard InChI is InChI=1S/C19H21NO4/c1-14(16-10-6-3-7-11-16)17(18(21)22)12-20-19(23)24-13-15-8-4-2-5-9-15/h2-11,14,17H,12-13H2,1H3,(H,20,23)(H,21,22). The van der Waals surface area contributed by atoms with E-state index in [4.69, 9.17) is 4.74 Å². The highest BCUT2D eigenvalue weighted by atomic mass is 16.5. The molecular formula is C19H21NO4. The second kappa shape index (κ2) is 8.72. The fraction of sp³-hybridized carbons (Fsp3) is 0.263. The van der Waals surface area contributed by atoms with E-state index in [1.54, 1.807) is 0 Å². The summed E-state index contributed by atoms with van der Waals surface area (Å²) in [4.78, 5) is 23.3. The van der Waals surface area contributed by atoms with Gasteiger partial charge >= 0.3 is 12.1 Å². The third kappa shape index (κ3) is 5.12. The van der Waals surface area contributed by atoms with Crippen molar-refractivity contribution in [1.82, 2.24) is 5.32 Å². The van der Waals surface area contributed by atoms with Crippen molar-refractivity contribution in [1.29, 1.82) is 0 Å². The lowest BCUT2D eigenvalue weighted by Crippen LogP contribution is -2.35. The molecule has 0 bridgehead atoms. The van der Waals surface area contributed by atoms with Gasteiger partial charge < -0.3 is 15.2 Å². The zero-order chi connectivity index (χ0) is 17.4. The van der Waals surface area contributed by atoms with E-state index in [0.717, 1.165) is 11.1 Å². The van der Waals surface area contributed by atoms with Crippen molar-refractivity contribution in [2.45, 2.75) is 19.4 Å². The normalized spacial score (nSPS) is 12.9. The monoisotopic (exact) mass is 327 g/mol. The summed E-state index contributed by atoms with van der Waals surface area (Å²) in [6, 6.07) is 18.7. The van der Waals surface area contributed by atoms with Gasteiger partial charge in [-0.15, -0.1) is 0 Å². The fourth-order valence-corrected chi connectivity index (χ4v) is 2.43. The number of amides is 1. The minimum absolute atomic E-state index is 0.0129. The summed E-state index contributed by atoms with van der Waals surface area (Å²) in [5.41, 5.74) is 1.80. The number of hydrogen-bond donors (Lipinski definition) is 2. The van der Waals surface area contributed by atoms with E-state index in [9.17, 15) is 14.7 Å². The first-order valence-corrected chi connectivity index (χ1v) is 7.80. The Hall–Kier alpha value is -2.82. The molecule has 2 N–H and O–H groups in total. The predicted octanol–water partition coefficient (Wildman–Crippen LogP) is 3.42. The molecule has 5 heteroatoms. The predicted molar refractivity (Wildman–Crippen MR) is 90.6 cm³/mol. The molecule has 2 aromatic rings. The molecule has 0 saturated carbocycles. The highest BCUT2D eigenvalue weighted by molar-refractivity contribution is 5.73. The number of aliphatic carboxylic acids is 1. The highest BCUT2D eigenvalue weighted by Gasteiger charge is 2.26. The van der Waals surface area contributed by atoms with Crippen molar-refractivity contribution < 1.29 is 19.4 Å². The Kier molecular flexibility index (Phi) is 6.37. The van der Waals surface area contributed by atoms with Crippen LogP contribution in [0.2, 0.25) is 0 Å². The highest BCUT2D eigenvalue weighted by Crippen LogP contribution is 2.24. The van der Waals surface area contributed by atoms with Crippen molar-refractivity contribution in [3.05, 3.63) is 71.8 Å². The number of hydrogen-bond acceptors (Lipinski definition) is 3. The van der Waals surface area contributed by atoms with Crippen LogP contribution in [-0.2, 0) is 16.1 Å². The maximum atomic E-state index is 11.8. The summed E-state index contributed by atoms with van der Waals surface area (Å²) in [5, 5.41) is 12.0. The van der Waals surface area contributed by atoms with Gasteiger partial charge in [0.05, 0.1) is 5.92 Å². The smallest absolute Gasteiger partial charge is 0.407 e. The molecule has 0 saturated heterocycles. The van der Waals surface area contributed by atoms with Gasteiger partial charge in [0.1, 0.15) is 6.61 Å². The molecule has 2 atom stereocenters. The quantitative estimate of drug-likeness (QED) is 0.817. The van der Waals surface area contributed by atoms with Crippen LogP contribution in [-0.4, -0.2) is 23.7 Å². The lowest BCUT2D eigenvalue weighted by Gasteiger charge is -2.21. The molecule has 0 fully saturated rings. The number of ether oxygens (including phenoxy) is 1. The van der Waals surface area contributed by atoms with Crippen LogP contribution >= 0.6 is 0 Å². The second-order valence-corrected chi connectivity index (χ2v) is 5.59. The summed E-state index contributed by atoms with van der Waals surface area (Å²) in [6.07, 6.45) is -0.620. The van der Waals surface area contributed by atoms with Crippen LogP contribution < -0.4 is 5.32 Å². The first-order valence-electron chi connectivity index (χ1n) is 7.80. The molecule has 0 aliphatic carbocycles. The molecule has 0 aliphatic rings. The second-order valence-electron chi connectivity index (χ2n) is 5.59. The number of rotatable bonds is 7. The van der Waals surface area contributed by atoms with Crippen molar-refractivity contribution in [2.24, 2.45) is 5.92 Å². The van der Waals surface area contributed by atoms with Crippen LogP contribution in [0.25, 0.3) is 0 Å². The van der Waals surface area contributed by atoms with Crippen LogP contribution in [0.4, 0.5) is 4.79 Å².